The summed E-state index contributed by atoms with van der Waals surface area (Å²) < 4.78 is 1.22. The fourth-order valence-corrected chi connectivity index (χ4v) is 4.06. The van der Waals surface area contributed by atoms with Crippen LogP contribution in [-0.4, -0.2) is 71.9 Å². The highest BCUT2D eigenvalue weighted by Crippen LogP contribution is 2.26. The van der Waals surface area contributed by atoms with Crippen LogP contribution in [0.1, 0.15) is 10.4 Å². The molecule has 4 rings (SSSR count). The number of piperazine rings is 1. The van der Waals surface area contributed by atoms with E-state index >= 15 is 0 Å². The molecule has 0 aliphatic carbocycles. The Morgan fingerprint density at radius 3 is 2.69 bits per heavy atom. The van der Waals surface area contributed by atoms with Crippen LogP contribution < -0.4 is 10.1 Å². The Balaban J connectivity index is 1.54. The number of nitrogens with one attached hydrogen (secondary N) is 1. The van der Waals surface area contributed by atoms with Gasteiger partial charge in [-0.2, -0.15) is 0 Å². The van der Waals surface area contributed by atoms with Crippen molar-refractivity contribution in [3.05, 3.63) is 48.2 Å². The van der Waals surface area contributed by atoms with Gasteiger partial charge in [0.1, 0.15) is 5.75 Å². The van der Waals surface area contributed by atoms with Crippen molar-refractivity contribution in [2.24, 2.45) is 0 Å². The summed E-state index contributed by atoms with van der Waals surface area (Å²) in [5.74, 6) is 0.253. The predicted octanol–water partition coefficient (Wildman–Crippen LogP) is 1.30. The molecule has 1 aliphatic rings. The molecule has 1 amide bonds. The number of carbonyl (C=O) groups excluding carboxylic acids is 1. The van der Waals surface area contributed by atoms with Crippen molar-refractivity contribution >= 4 is 41.5 Å². The molecule has 2 N–H and O–H groups in total. The van der Waals surface area contributed by atoms with Crippen LogP contribution in [0.2, 0.25) is 0 Å². The third-order valence-corrected chi connectivity index (χ3v) is 5.95. The Morgan fingerprint density at radius 1 is 1.17 bits per heavy atom. The second-order valence-electron chi connectivity index (χ2n) is 7.13. The number of likely N-dealkylation sites (N-methyl/N-ethyl adjacent to an activating group) is 1. The molecule has 3 heterocycles. The van der Waals surface area contributed by atoms with E-state index in [1.54, 1.807) is 34.6 Å². The average molecular weight is 407 g/mol. The van der Waals surface area contributed by atoms with Crippen molar-refractivity contribution in [3.63, 3.8) is 0 Å². The van der Waals surface area contributed by atoms with Crippen LogP contribution in [-0.2, 0) is 0 Å². The van der Waals surface area contributed by atoms with Gasteiger partial charge in [0.25, 0.3) is 5.91 Å². The minimum Gasteiger partial charge on any atom is -0.507 e. The maximum Gasteiger partial charge on any atom is 0.257 e. The van der Waals surface area contributed by atoms with E-state index < -0.39 is 0 Å². The summed E-state index contributed by atoms with van der Waals surface area (Å²) in [6.45, 7) is 2.95. The molecule has 0 atom stereocenters. The van der Waals surface area contributed by atoms with E-state index in [1.165, 1.54) is 10.8 Å². The number of aromatic hydroxyl groups is 1. The summed E-state index contributed by atoms with van der Waals surface area (Å²) in [6, 6.07) is 10.9. The molecule has 0 saturated carbocycles. The van der Waals surface area contributed by atoms with E-state index in [4.69, 9.17) is 0 Å². The zero-order valence-corrected chi connectivity index (χ0v) is 17.2. The molecule has 9 heteroatoms. The van der Waals surface area contributed by atoms with Gasteiger partial charge >= 0.3 is 0 Å². The number of phenolic OH excluding ortho intramolecular Hbond substituents is 1. The number of phenols is 1. The van der Waals surface area contributed by atoms with E-state index in [0.29, 0.717) is 24.7 Å². The molecule has 1 saturated heterocycles. The van der Waals surface area contributed by atoms with Gasteiger partial charge in [0, 0.05) is 38.1 Å². The van der Waals surface area contributed by atoms with Crippen LogP contribution in [0, 0.1) is 0 Å². The first kappa shape index (κ1) is 19.4. The number of hydrogen-bond donors (Lipinski definition) is 2. The summed E-state index contributed by atoms with van der Waals surface area (Å²) in [6.07, 6.45) is 1.70. The van der Waals surface area contributed by atoms with Crippen molar-refractivity contribution < 1.29 is 9.90 Å². The molecular formula is C20H22BN5O2S. The summed E-state index contributed by atoms with van der Waals surface area (Å²) in [5.41, 5.74) is 1.78. The topological polar surface area (TPSA) is 81.6 Å². The van der Waals surface area contributed by atoms with Crippen LogP contribution in [0.25, 0.3) is 10.6 Å². The van der Waals surface area contributed by atoms with Crippen molar-refractivity contribution in [2.75, 3.05) is 38.5 Å². The van der Waals surface area contributed by atoms with Crippen molar-refractivity contribution in [3.8, 4) is 16.3 Å². The molecule has 29 heavy (non-hydrogen) atoms. The minimum atomic E-state index is -0.164. The van der Waals surface area contributed by atoms with Gasteiger partial charge in [-0.3, -0.25) is 4.79 Å². The lowest BCUT2D eigenvalue weighted by atomic mass is 10.1. The summed E-state index contributed by atoms with van der Waals surface area (Å²) in [5, 5.41) is 13.4. The fraction of sp³-hybridized carbons (Fsp3) is 0.250. The van der Waals surface area contributed by atoms with Crippen molar-refractivity contribution in [1.29, 1.82) is 0 Å². The number of amides is 1. The van der Waals surface area contributed by atoms with Gasteiger partial charge < -0.3 is 20.2 Å². The molecule has 7 nitrogen and oxygen atoms in total. The summed E-state index contributed by atoms with van der Waals surface area (Å²) in [7, 11) is 4.10. The smallest absolute Gasteiger partial charge is 0.257 e. The first-order valence-electron chi connectivity index (χ1n) is 9.47. The van der Waals surface area contributed by atoms with Gasteiger partial charge in [-0.05, 0) is 42.2 Å². The number of anilines is 2. The standard InChI is InChI=1S/C20H22BN5O2S/c1-25-8-10-26(11-9-25)19(28)14-12-13(2-3-16(14)27)23-20-22-7-6-15(24-20)17-4-5-18(21)29-17/h2-7,12,27H,8-11,21H2,1H3,(H,22,23,24). The zero-order valence-electron chi connectivity index (χ0n) is 16.4. The van der Waals surface area contributed by atoms with E-state index in [0.717, 1.165) is 23.7 Å². The van der Waals surface area contributed by atoms with Gasteiger partial charge in [-0.1, -0.05) is 6.07 Å². The number of rotatable bonds is 4. The molecule has 148 valence electrons. The van der Waals surface area contributed by atoms with Gasteiger partial charge in [0.05, 0.1) is 16.1 Å². The third-order valence-electron chi connectivity index (χ3n) is 4.92. The first-order chi connectivity index (χ1) is 14.0. The Kier molecular flexibility index (Phi) is 5.50. The second-order valence-corrected chi connectivity index (χ2v) is 8.42. The number of nitrogens with zero attached hydrogens (tertiary/aromatic N) is 4. The lowest BCUT2D eigenvalue weighted by Gasteiger charge is -2.32. The largest absolute Gasteiger partial charge is 0.507 e. The Hall–Kier alpha value is -2.91. The Labute approximate surface area is 174 Å². The molecule has 1 aromatic carbocycles. The fourth-order valence-electron chi connectivity index (χ4n) is 3.22. The lowest BCUT2D eigenvalue weighted by Crippen LogP contribution is -2.47. The van der Waals surface area contributed by atoms with Crippen LogP contribution in [0.15, 0.2) is 42.6 Å². The highest BCUT2D eigenvalue weighted by atomic mass is 32.1. The van der Waals surface area contributed by atoms with Gasteiger partial charge in [-0.25, -0.2) is 9.97 Å². The molecule has 0 spiro atoms. The zero-order chi connectivity index (χ0) is 20.4. The lowest BCUT2D eigenvalue weighted by molar-refractivity contribution is 0.0661. The highest BCUT2D eigenvalue weighted by molar-refractivity contribution is 7.23. The SMILES string of the molecule is Bc1ccc(-c2ccnc(Nc3ccc(O)c(C(=O)N4CCN(C)CC4)c3)n2)s1. The monoisotopic (exact) mass is 407 g/mol. The Bertz CT molecular complexity index is 1030. The summed E-state index contributed by atoms with van der Waals surface area (Å²) in [4.78, 5) is 26.7. The molecule has 0 radical (unpaired) electrons. The Morgan fingerprint density at radius 2 is 1.97 bits per heavy atom. The molecule has 3 aromatic rings. The van der Waals surface area contributed by atoms with Crippen LogP contribution >= 0.6 is 11.3 Å². The highest BCUT2D eigenvalue weighted by Gasteiger charge is 2.23. The van der Waals surface area contributed by atoms with Crippen LogP contribution in [0.3, 0.4) is 0 Å². The van der Waals surface area contributed by atoms with Crippen LogP contribution in [0.5, 0.6) is 5.75 Å². The third kappa shape index (κ3) is 4.41. The van der Waals surface area contributed by atoms with Gasteiger partial charge in [0.15, 0.2) is 7.85 Å². The van der Waals surface area contributed by atoms with Gasteiger partial charge in [-0.15, -0.1) is 11.3 Å². The van der Waals surface area contributed by atoms with E-state index in [-0.39, 0.29) is 17.2 Å². The number of aromatic nitrogens is 2. The average Bonchev–Trinajstić information content (AvgIpc) is 3.16. The minimum absolute atomic E-state index is 0.0248. The predicted molar refractivity (Wildman–Crippen MR) is 118 cm³/mol. The van der Waals surface area contributed by atoms with Gasteiger partial charge in [0.2, 0.25) is 5.95 Å². The molecule has 2 aromatic heterocycles. The maximum atomic E-state index is 12.9. The number of benzene rings is 1. The summed E-state index contributed by atoms with van der Waals surface area (Å²) >= 11 is 1.68. The van der Waals surface area contributed by atoms with Crippen molar-refractivity contribution in [1.82, 2.24) is 19.8 Å². The number of carbonyl (C=O) groups is 1. The van der Waals surface area contributed by atoms with E-state index in [2.05, 4.69) is 34.1 Å². The molecule has 1 fully saturated rings. The molecule has 1 aliphatic heterocycles. The number of thiophene rings is 1. The first-order valence-corrected chi connectivity index (χ1v) is 10.3. The molecular weight excluding hydrogens is 385 g/mol. The quantitative estimate of drug-likeness (QED) is 0.501. The van der Waals surface area contributed by atoms with Crippen LogP contribution in [0.4, 0.5) is 11.6 Å². The molecule has 0 unspecified atom stereocenters. The normalized spacial score (nSPS) is 14.7. The number of hydrogen-bond acceptors (Lipinski definition) is 7. The maximum absolute atomic E-state index is 12.9. The molecule has 0 bridgehead atoms. The van der Waals surface area contributed by atoms with E-state index in [1.807, 2.05) is 19.2 Å². The van der Waals surface area contributed by atoms with E-state index in [9.17, 15) is 9.90 Å². The van der Waals surface area contributed by atoms with Crippen molar-refractivity contribution in [2.45, 2.75) is 0 Å². The second kappa shape index (κ2) is 8.22.